The summed E-state index contributed by atoms with van der Waals surface area (Å²) in [6.07, 6.45) is 51.4. The van der Waals surface area contributed by atoms with E-state index in [0.29, 0.717) is 12.8 Å². The van der Waals surface area contributed by atoms with E-state index in [0.717, 1.165) is 51.4 Å². The maximum absolute atomic E-state index is 12.6. The second kappa shape index (κ2) is 44.5. The minimum atomic E-state index is -4.39. The molecule has 0 bridgehead atoms. The first-order chi connectivity index (χ1) is 28.3. The minimum absolute atomic E-state index is 0.0485. The number of carbonyl (C=O) groups excluding carboxylic acids is 2. The van der Waals surface area contributed by atoms with Gasteiger partial charge in [0.25, 0.3) is 0 Å². The first-order valence-corrected chi connectivity index (χ1v) is 25.1. The fraction of sp³-hybridized carbons (Fsp3) is 0.792. The van der Waals surface area contributed by atoms with Gasteiger partial charge in [-0.05, 0) is 57.8 Å². The van der Waals surface area contributed by atoms with Crippen LogP contribution in [0.1, 0.15) is 213 Å². The lowest BCUT2D eigenvalue weighted by Gasteiger charge is -2.19. The Balaban J connectivity index is 4.15. The van der Waals surface area contributed by atoms with Crippen molar-refractivity contribution < 1.29 is 37.6 Å². The second-order valence-electron chi connectivity index (χ2n) is 15.6. The molecule has 0 radical (unpaired) electrons. The third kappa shape index (κ3) is 43.5. The Bertz CT molecular complexity index is 1090. The van der Waals surface area contributed by atoms with Gasteiger partial charge < -0.3 is 20.1 Å². The molecule has 2 atom stereocenters. The van der Waals surface area contributed by atoms with Crippen LogP contribution in [0.4, 0.5) is 0 Å². The number of phosphoric ester groups is 1. The molecule has 0 saturated heterocycles. The Kier molecular flexibility index (Phi) is 43.0. The largest absolute Gasteiger partial charge is 0.472 e. The van der Waals surface area contributed by atoms with Gasteiger partial charge in [0.2, 0.25) is 0 Å². The van der Waals surface area contributed by atoms with E-state index < -0.39 is 32.5 Å². The molecule has 0 aromatic heterocycles. The van der Waals surface area contributed by atoms with Gasteiger partial charge in [-0.1, -0.05) is 191 Å². The molecule has 0 rings (SSSR count). The minimum Gasteiger partial charge on any atom is -0.462 e. The van der Waals surface area contributed by atoms with Crippen molar-refractivity contribution in [2.45, 2.75) is 219 Å². The van der Waals surface area contributed by atoms with Crippen LogP contribution in [0.25, 0.3) is 0 Å². The zero-order valence-electron chi connectivity index (χ0n) is 37.3. The van der Waals surface area contributed by atoms with Crippen molar-refractivity contribution in [2.75, 3.05) is 26.4 Å². The average Bonchev–Trinajstić information content (AvgIpc) is 3.21. The number of rotatable bonds is 44. The standard InChI is InChI=1S/C48H88NO8P/c1-3-5-7-9-11-13-15-17-19-21-23-25-26-28-30-32-34-36-38-40-47(50)54-44-46(45-56-58(52,53)55-43-42-49)57-48(51)41-39-37-35-33-31-29-27-24-22-20-18-16-14-12-10-8-6-4-2/h11,13,17,19,23,25,28,30,46H,3-10,12,14-16,18,20-22,24,26-27,29,31-45,49H2,1-2H3,(H,52,53)/b13-11+,19-17+,25-23+,30-28+/t46-/m1/s1. The van der Waals surface area contributed by atoms with Crippen LogP contribution in [0.3, 0.4) is 0 Å². The quantitative estimate of drug-likeness (QED) is 0.0266. The van der Waals surface area contributed by atoms with Crippen LogP contribution in [-0.4, -0.2) is 49.3 Å². The average molecular weight is 838 g/mol. The Hall–Kier alpha value is -2.03. The number of esters is 2. The topological polar surface area (TPSA) is 134 Å². The van der Waals surface area contributed by atoms with Crippen molar-refractivity contribution in [3.8, 4) is 0 Å². The molecule has 0 aliphatic carbocycles. The summed E-state index contributed by atoms with van der Waals surface area (Å²) in [4.78, 5) is 35.0. The predicted octanol–water partition coefficient (Wildman–Crippen LogP) is 13.9. The first kappa shape index (κ1) is 56.0. The summed E-state index contributed by atoms with van der Waals surface area (Å²) in [5.74, 6) is -0.859. The highest BCUT2D eigenvalue weighted by atomic mass is 31.2. The Morgan fingerprint density at radius 2 is 0.897 bits per heavy atom. The SMILES string of the molecule is CCCCC/C=C/C/C=C/C/C=C/C/C=C/CCCCCC(=O)OC[C@H](COP(=O)(O)OCCN)OC(=O)CCCCCCCCCCCCCCCCCCCC. The highest BCUT2D eigenvalue weighted by Crippen LogP contribution is 2.43. The van der Waals surface area contributed by atoms with Crippen molar-refractivity contribution in [1.82, 2.24) is 0 Å². The molecule has 58 heavy (non-hydrogen) atoms. The van der Waals surface area contributed by atoms with Gasteiger partial charge >= 0.3 is 19.8 Å². The number of unbranched alkanes of at least 4 members (excludes halogenated alkanes) is 23. The number of ether oxygens (including phenoxy) is 2. The fourth-order valence-electron chi connectivity index (χ4n) is 6.44. The summed E-state index contributed by atoms with van der Waals surface area (Å²) in [6.45, 7) is 3.69. The molecule has 0 aromatic carbocycles. The molecule has 10 heteroatoms. The highest BCUT2D eigenvalue weighted by molar-refractivity contribution is 7.47. The van der Waals surface area contributed by atoms with Gasteiger partial charge in [0.15, 0.2) is 6.10 Å². The van der Waals surface area contributed by atoms with Gasteiger partial charge in [-0.3, -0.25) is 18.6 Å². The monoisotopic (exact) mass is 838 g/mol. The van der Waals surface area contributed by atoms with Gasteiger partial charge in [0.1, 0.15) is 6.61 Å². The smallest absolute Gasteiger partial charge is 0.462 e. The molecule has 0 fully saturated rings. The van der Waals surface area contributed by atoms with Gasteiger partial charge in [0.05, 0.1) is 13.2 Å². The molecule has 1 unspecified atom stereocenters. The van der Waals surface area contributed by atoms with Crippen LogP contribution in [0.5, 0.6) is 0 Å². The third-order valence-electron chi connectivity index (χ3n) is 9.97. The van der Waals surface area contributed by atoms with Crippen molar-refractivity contribution in [3.63, 3.8) is 0 Å². The van der Waals surface area contributed by atoms with E-state index in [-0.39, 0.29) is 32.6 Å². The van der Waals surface area contributed by atoms with Crippen LogP contribution in [0.2, 0.25) is 0 Å². The van der Waals surface area contributed by atoms with Crippen LogP contribution in [-0.2, 0) is 32.7 Å². The third-order valence-corrected chi connectivity index (χ3v) is 11.0. The molecule has 9 nitrogen and oxygen atoms in total. The zero-order valence-corrected chi connectivity index (χ0v) is 38.2. The predicted molar refractivity (Wildman–Crippen MR) is 243 cm³/mol. The summed E-state index contributed by atoms with van der Waals surface area (Å²) in [5.41, 5.74) is 5.35. The van der Waals surface area contributed by atoms with Crippen molar-refractivity contribution >= 4 is 19.8 Å². The summed E-state index contributed by atoms with van der Waals surface area (Å²) >= 11 is 0. The number of carbonyl (C=O) groups is 2. The molecule has 0 aliphatic heterocycles. The summed E-state index contributed by atoms with van der Waals surface area (Å²) in [7, 11) is -4.39. The van der Waals surface area contributed by atoms with Gasteiger partial charge in [-0.25, -0.2) is 4.57 Å². The molecular weight excluding hydrogens is 750 g/mol. The number of hydrogen-bond acceptors (Lipinski definition) is 8. The zero-order chi connectivity index (χ0) is 42.5. The van der Waals surface area contributed by atoms with E-state index in [1.54, 1.807) is 0 Å². The number of phosphoric acid groups is 1. The molecule has 0 spiro atoms. The maximum Gasteiger partial charge on any atom is 0.472 e. The number of hydrogen-bond donors (Lipinski definition) is 2. The normalized spacial score (nSPS) is 13.7. The van der Waals surface area contributed by atoms with Crippen molar-refractivity contribution in [3.05, 3.63) is 48.6 Å². The van der Waals surface area contributed by atoms with E-state index in [2.05, 4.69) is 62.5 Å². The molecule has 338 valence electrons. The Morgan fingerprint density at radius 1 is 0.517 bits per heavy atom. The maximum atomic E-state index is 12.6. The molecule has 0 saturated carbocycles. The van der Waals surface area contributed by atoms with Gasteiger partial charge in [-0.15, -0.1) is 0 Å². The summed E-state index contributed by atoms with van der Waals surface area (Å²) < 4.78 is 32.8. The van der Waals surface area contributed by atoms with Crippen LogP contribution >= 0.6 is 7.82 Å². The highest BCUT2D eigenvalue weighted by Gasteiger charge is 2.26. The number of nitrogens with two attached hydrogens (primary N) is 1. The van der Waals surface area contributed by atoms with Crippen molar-refractivity contribution in [2.24, 2.45) is 5.73 Å². The summed E-state index contributed by atoms with van der Waals surface area (Å²) in [6, 6.07) is 0. The number of allylic oxidation sites excluding steroid dienone is 8. The van der Waals surface area contributed by atoms with Crippen molar-refractivity contribution in [1.29, 1.82) is 0 Å². The van der Waals surface area contributed by atoms with E-state index in [1.165, 1.54) is 122 Å². The van der Waals surface area contributed by atoms with Crippen LogP contribution in [0, 0.1) is 0 Å². The molecule has 3 N–H and O–H groups in total. The lowest BCUT2D eigenvalue weighted by atomic mass is 10.0. The lowest BCUT2D eigenvalue weighted by molar-refractivity contribution is -0.161. The summed E-state index contributed by atoms with van der Waals surface area (Å²) in [5, 5.41) is 0. The molecular formula is C48H88NO8P. The van der Waals surface area contributed by atoms with E-state index >= 15 is 0 Å². The molecule has 0 aliphatic rings. The molecule has 0 aromatic rings. The van der Waals surface area contributed by atoms with E-state index in [1.807, 2.05) is 0 Å². The second-order valence-corrected chi connectivity index (χ2v) is 17.1. The van der Waals surface area contributed by atoms with E-state index in [9.17, 15) is 19.0 Å². The first-order valence-electron chi connectivity index (χ1n) is 23.6. The Labute approximate surface area is 356 Å². The van der Waals surface area contributed by atoms with E-state index in [4.69, 9.17) is 24.3 Å². The molecule has 0 heterocycles. The molecule has 0 amide bonds. The van der Waals surface area contributed by atoms with Crippen LogP contribution in [0.15, 0.2) is 48.6 Å². The van der Waals surface area contributed by atoms with Crippen LogP contribution < -0.4 is 5.73 Å². The van der Waals surface area contributed by atoms with Gasteiger partial charge in [-0.2, -0.15) is 0 Å². The fourth-order valence-corrected chi connectivity index (χ4v) is 7.21. The van der Waals surface area contributed by atoms with Gasteiger partial charge in [0, 0.05) is 19.4 Å². The lowest BCUT2D eigenvalue weighted by Crippen LogP contribution is -2.29. The Morgan fingerprint density at radius 3 is 1.36 bits per heavy atom.